The fourth-order valence-electron chi connectivity index (χ4n) is 4.81. The lowest BCUT2D eigenvalue weighted by molar-refractivity contribution is 0.373. The molecule has 2 fully saturated rings. The highest BCUT2D eigenvalue weighted by molar-refractivity contribution is 6.32. The molecule has 0 amide bonds. The quantitative estimate of drug-likeness (QED) is 0.577. The number of para-hydroxylation sites is 1. The maximum absolute atomic E-state index is 6.28. The van der Waals surface area contributed by atoms with Gasteiger partial charge >= 0.3 is 6.01 Å². The Morgan fingerprint density at radius 3 is 2.56 bits per heavy atom. The van der Waals surface area contributed by atoms with Gasteiger partial charge in [-0.2, -0.15) is 4.98 Å². The van der Waals surface area contributed by atoms with Crippen LogP contribution in [0.1, 0.15) is 38.4 Å². The lowest BCUT2D eigenvalue weighted by Gasteiger charge is -2.38. The lowest BCUT2D eigenvalue weighted by Crippen LogP contribution is -2.48. The van der Waals surface area contributed by atoms with E-state index in [2.05, 4.69) is 45.1 Å². The monoisotopic (exact) mass is 453 g/mol. The molecule has 1 aliphatic heterocycles. The van der Waals surface area contributed by atoms with E-state index >= 15 is 0 Å². The second-order valence-electron chi connectivity index (χ2n) is 8.98. The van der Waals surface area contributed by atoms with E-state index in [1.54, 1.807) is 17.1 Å². The average molecular weight is 454 g/mol. The summed E-state index contributed by atoms with van der Waals surface area (Å²) in [4.78, 5) is 15.8. The number of aryl methyl sites for hydroxylation is 1. The number of nitrogens with one attached hydrogen (secondary N) is 1. The summed E-state index contributed by atoms with van der Waals surface area (Å²) in [6.07, 6.45) is 4.04. The van der Waals surface area contributed by atoms with E-state index in [0.29, 0.717) is 40.6 Å². The van der Waals surface area contributed by atoms with Crippen molar-refractivity contribution in [2.75, 3.05) is 23.3 Å². The minimum Gasteiger partial charge on any atom is -0.423 e. The molecule has 1 aliphatic carbocycles. The van der Waals surface area contributed by atoms with Crippen molar-refractivity contribution in [2.45, 2.75) is 45.7 Å². The van der Waals surface area contributed by atoms with E-state index in [0.717, 1.165) is 24.6 Å². The molecule has 0 unspecified atom stereocenters. The van der Waals surface area contributed by atoms with Crippen molar-refractivity contribution in [3.05, 3.63) is 47.4 Å². The fourth-order valence-corrected chi connectivity index (χ4v) is 4.98. The molecule has 3 aromatic rings. The molecule has 0 spiro atoms. The Morgan fingerprint density at radius 1 is 1.12 bits per heavy atom. The van der Waals surface area contributed by atoms with Crippen LogP contribution in [0.2, 0.25) is 5.02 Å². The van der Waals surface area contributed by atoms with Crippen LogP contribution in [0.15, 0.2) is 36.7 Å². The first-order valence-corrected chi connectivity index (χ1v) is 11.5. The van der Waals surface area contributed by atoms with E-state index in [1.807, 2.05) is 25.1 Å². The number of hydrogen-bond acceptors (Lipinski definition) is 7. The van der Waals surface area contributed by atoms with Gasteiger partial charge in [-0.25, -0.2) is 14.6 Å². The van der Waals surface area contributed by atoms with Gasteiger partial charge in [0.15, 0.2) is 0 Å². The van der Waals surface area contributed by atoms with Crippen LogP contribution in [-0.4, -0.2) is 43.9 Å². The van der Waals surface area contributed by atoms with Crippen molar-refractivity contribution in [3.8, 4) is 11.8 Å². The zero-order valence-electron chi connectivity index (χ0n) is 18.6. The van der Waals surface area contributed by atoms with Crippen LogP contribution >= 0.6 is 11.6 Å². The molecule has 1 N–H and O–H groups in total. The molecule has 8 nitrogen and oxygen atoms in total. The molecule has 3 heterocycles. The summed E-state index contributed by atoms with van der Waals surface area (Å²) in [7, 11) is 0. The van der Waals surface area contributed by atoms with Crippen molar-refractivity contribution in [1.29, 1.82) is 0 Å². The highest BCUT2D eigenvalue weighted by Crippen LogP contribution is 2.40. The summed E-state index contributed by atoms with van der Waals surface area (Å²) in [5.41, 5.74) is 0.997. The Morgan fingerprint density at radius 2 is 1.88 bits per heavy atom. The Kier molecular flexibility index (Phi) is 5.63. The Hall–Kier alpha value is -2.87. The molecule has 1 saturated carbocycles. The molecule has 2 bridgehead atoms. The first kappa shape index (κ1) is 21.0. The van der Waals surface area contributed by atoms with Crippen LogP contribution in [0.5, 0.6) is 11.8 Å². The number of anilines is 2. The summed E-state index contributed by atoms with van der Waals surface area (Å²) in [5, 5.41) is 8.88. The van der Waals surface area contributed by atoms with E-state index < -0.39 is 0 Å². The fraction of sp³-hybridized carbons (Fsp3) is 0.478. The smallest absolute Gasteiger partial charge is 0.322 e. The molecule has 2 aliphatic rings. The van der Waals surface area contributed by atoms with Gasteiger partial charge in [-0.15, -0.1) is 5.10 Å². The van der Waals surface area contributed by atoms with Crippen LogP contribution in [0.25, 0.3) is 0 Å². The minimum absolute atomic E-state index is 0.107. The van der Waals surface area contributed by atoms with Gasteiger partial charge in [0.05, 0.1) is 11.1 Å². The molecular formula is C23H28ClN7O. The van der Waals surface area contributed by atoms with Gasteiger partial charge in [0.25, 0.3) is 0 Å². The molecule has 1 aromatic carbocycles. The zero-order chi connectivity index (χ0) is 22.2. The number of benzene rings is 1. The summed E-state index contributed by atoms with van der Waals surface area (Å²) < 4.78 is 7.82. The van der Waals surface area contributed by atoms with Crippen LogP contribution in [0, 0.1) is 18.8 Å². The normalized spacial score (nSPS) is 22.4. The van der Waals surface area contributed by atoms with Crippen LogP contribution in [-0.2, 0) is 0 Å². The molecule has 1 saturated heterocycles. The van der Waals surface area contributed by atoms with E-state index in [9.17, 15) is 0 Å². The van der Waals surface area contributed by atoms with Gasteiger partial charge in [0.2, 0.25) is 5.95 Å². The third-order valence-electron chi connectivity index (χ3n) is 6.37. The predicted molar refractivity (Wildman–Crippen MR) is 125 cm³/mol. The van der Waals surface area contributed by atoms with Gasteiger partial charge in [-0.1, -0.05) is 23.7 Å². The largest absolute Gasteiger partial charge is 0.423 e. The number of ether oxygens (including phenoxy) is 1. The maximum Gasteiger partial charge on any atom is 0.322 e. The molecular weight excluding hydrogens is 426 g/mol. The van der Waals surface area contributed by atoms with Crippen molar-refractivity contribution in [2.24, 2.45) is 11.8 Å². The van der Waals surface area contributed by atoms with Gasteiger partial charge in [0.1, 0.15) is 17.9 Å². The first-order valence-electron chi connectivity index (χ1n) is 11.2. The SMILES string of the molecule is Cc1cc(N2C[C@H]3CC[C@@H](C2)[C@H]3Nc2nc(Oc3ccccc3Cl)n(C(C)C)n2)ncn1. The van der Waals surface area contributed by atoms with E-state index in [1.165, 1.54) is 12.8 Å². The molecule has 168 valence electrons. The third-order valence-corrected chi connectivity index (χ3v) is 6.68. The topological polar surface area (TPSA) is 81.0 Å². The molecule has 0 radical (unpaired) electrons. The van der Waals surface area contributed by atoms with Crippen molar-refractivity contribution < 1.29 is 4.74 Å². The Bertz CT molecular complexity index is 1090. The van der Waals surface area contributed by atoms with Crippen LogP contribution < -0.4 is 15.0 Å². The average Bonchev–Trinajstić information content (AvgIpc) is 3.26. The number of halogens is 1. The zero-order valence-corrected chi connectivity index (χ0v) is 19.3. The lowest BCUT2D eigenvalue weighted by atomic mass is 9.92. The summed E-state index contributed by atoms with van der Waals surface area (Å²) in [6.45, 7) is 8.07. The first-order chi connectivity index (χ1) is 15.5. The number of rotatable bonds is 6. The van der Waals surface area contributed by atoms with E-state index in [-0.39, 0.29) is 6.04 Å². The molecule has 2 aromatic heterocycles. The van der Waals surface area contributed by atoms with Gasteiger partial charge in [-0.3, -0.25) is 0 Å². The molecule has 5 rings (SSSR count). The van der Waals surface area contributed by atoms with Gasteiger partial charge < -0.3 is 15.0 Å². The van der Waals surface area contributed by atoms with Crippen molar-refractivity contribution in [1.82, 2.24) is 24.7 Å². The Balaban J connectivity index is 1.33. The van der Waals surface area contributed by atoms with Gasteiger partial charge in [0, 0.05) is 30.9 Å². The van der Waals surface area contributed by atoms with Gasteiger partial charge in [-0.05, 0) is 57.6 Å². The molecule has 3 atom stereocenters. The standard InChI is InChI=1S/C23H28ClN7O/c1-14(2)31-23(32-19-7-5-4-6-18(19)24)28-22(29-31)27-21-16-8-9-17(21)12-30(11-16)20-10-15(3)25-13-26-20/h4-7,10,13-14,16-17,21H,8-9,11-12H2,1-3H3,(H,27,29)/t16-,17+,21+. The summed E-state index contributed by atoms with van der Waals surface area (Å²) in [6, 6.07) is 10.4. The predicted octanol–water partition coefficient (Wildman–Crippen LogP) is 4.73. The molecule has 9 heteroatoms. The third kappa shape index (κ3) is 4.11. The second-order valence-corrected chi connectivity index (χ2v) is 9.39. The highest BCUT2D eigenvalue weighted by atomic mass is 35.5. The number of nitrogens with zero attached hydrogens (tertiary/aromatic N) is 6. The number of hydrogen-bond donors (Lipinski definition) is 1. The van der Waals surface area contributed by atoms with E-state index in [4.69, 9.17) is 21.4 Å². The highest BCUT2D eigenvalue weighted by Gasteiger charge is 2.43. The van der Waals surface area contributed by atoms with Crippen LogP contribution in [0.3, 0.4) is 0 Å². The van der Waals surface area contributed by atoms with Crippen LogP contribution in [0.4, 0.5) is 11.8 Å². The number of fused-ring (bicyclic) bond motifs is 2. The molecule has 32 heavy (non-hydrogen) atoms. The summed E-state index contributed by atoms with van der Waals surface area (Å²) in [5.74, 6) is 3.23. The van der Waals surface area contributed by atoms with Crippen molar-refractivity contribution >= 4 is 23.4 Å². The number of aromatic nitrogens is 5. The minimum atomic E-state index is 0.107. The van der Waals surface area contributed by atoms with Crippen molar-refractivity contribution in [3.63, 3.8) is 0 Å². The summed E-state index contributed by atoms with van der Waals surface area (Å²) >= 11 is 6.28. The number of piperidine rings is 1. The Labute approximate surface area is 193 Å². The second kappa shape index (κ2) is 8.58. The maximum atomic E-state index is 6.28.